The Balaban J connectivity index is 1.64. The van der Waals surface area contributed by atoms with E-state index in [0.717, 1.165) is 35.2 Å². The van der Waals surface area contributed by atoms with E-state index in [-0.39, 0.29) is 12.0 Å². The number of benzene rings is 1. The van der Waals surface area contributed by atoms with Gasteiger partial charge in [-0.15, -0.1) is 0 Å². The van der Waals surface area contributed by atoms with Gasteiger partial charge in [-0.1, -0.05) is 22.0 Å². The normalized spacial score (nSPS) is 16.8. The SMILES string of the molecule is Cc1ccc(Nc2cc(C(=O)NCC3CCCO3)ccn2)cc1Br. The van der Waals surface area contributed by atoms with Gasteiger partial charge in [-0.3, -0.25) is 4.79 Å². The molecule has 1 aliphatic heterocycles. The van der Waals surface area contributed by atoms with E-state index >= 15 is 0 Å². The molecule has 3 rings (SSSR count). The number of halogens is 1. The van der Waals surface area contributed by atoms with E-state index in [9.17, 15) is 4.79 Å². The van der Waals surface area contributed by atoms with Gasteiger partial charge in [0.1, 0.15) is 5.82 Å². The number of hydrogen-bond acceptors (Lipinski definition) is 4. The van der Waals surface area contributed by atoms with Gasteiger partial charge in [0.2, 0.25) is 0 Å². The molecular formula is C18H20BrN3O2. The van der Waals surface area contributed by atoms with Crippen molar-refractivity contribution in [1.82, 2.24) is 10.3 Å². The lowest BCUT2D eigenvalue weighted by molar-refractivity contribution is 0.0857. The molecule has 1 aromatic carbocycles. The first-order chi connectivity index (χ1) is 11.6. The van der Waals surface area contributed by atoms with Crippen LogP contribution >= 0.6 is 15.9 Å². The van der Waals surface area contributed by atoms with Crippen LogP contribution in [-0.4, -0.2) is 30.1 Å². The molecule has 1 atom stereocenters. The first-order valence-corrected chi connectivity index (χ1v) is 8.80. The lowest BCUT2D eigenvalue weighted by Gasteiger charge is -2.12. The Morgan fingerprint density at radius 3 is 3.00 bits per heavy atom. The summed E-state index contributed by atoms with van der Waals surface area (Å²) in [5.41, 5.74) is 2.66. The van der Waals surface area contributed by atoms with E-state index in [4.69, 9.17) is 4.74 Å². The number of hydrogen-bond donors (Lipinski definition) is 2. The van der Waals surface area contributed by atoms with Crippen LogP contribution in [-0.2, 0) is 4.74 Å². The summed E-state index contributed by atoms with van der Waals surface area (Å²) in [5.74, 6) is 0.525. The van der Waals surface area contributed by atoms with Crippen LogP contribution in [0.15, 0.2) is 41.0 Å². The van der Waals surface area contributed by atoms with Crippen molar-refractivity contribution in [1.29, 1.82) is 0 Å². The van der Waals surface area contributed by atoms with Gasteiger partial charge >= 0.3 is 0 Å². The number of nitrogens with zero attached hydrogens (tertiary/aromatic N) is 1. The van der Waals surface area contributed by atoms with Gasteiger partial charge in [0.05, 0.1) is 6.10 Å². The molecule has 6 heteroatoms. The lowest BCUT2D eigenvalue weighted by Crippen LogP contribution is -2.31. The molecule has 0 saturated carbocycles. The molecule has 1 unspecified atom stereocenters. The van der Waals surface area contributed by atoms with Crippen molar-refractivity contribution < 1.29 is 9.53 Å². The van der Waals surface area contributed by atoms with Crippen molar-refractivity contribution in [3.63, 3.8) is 0 Å². The van der Waals surface area contributed by atoms with Crippen LogP contribution < -0.4 is 10.6 Å². The van der Waals surface area contributed by atoms with Gasteiger partial charge in [0, 0.05) is 35.1 Å². The molecule has 0 aliphatic carbocycles. The van der Waals surface area contributed by atoms with Crippen LogP contribution in [0.25, 0.3) is 0 Å². The summed E-state index contributed by atoms with van der Waals surface area (Å²) >= 11 is 3.51. The second kappa shape index (κ2) is 7.77. The molecule has 1 amide bonds. The van der Waals surface area contributed by atoms with E-state index in [1.54, 1.807) is 18.3 Å². The summed E-state index contributed by atoms with van der Waals surface area (Å²) in [5, 5.41) is 6.14. The maximum atomic E-state index is 12.3. The summed E-state index contributed by atoms with van der Waals surface area (Å²) < 4.78 is 6.54. The topological polar surface area (TPSA) is 63.2 Å². The molecule has 2 N–H and O–H groups in total. The highest BCUT2D eigenvalue weighted by Crippen LogP contribution is 2.23. The standard InChI is InChI=1S/C18H20BrN3O2/c1-12-4-5-14(10-16(12)19)22-17-9-13(6-7-20-17)18(23)21-11-15-3-2-8-24-15/h4-7,9-10,15H,2-3,8,11H2,1H3,(H,20,22)(H,21,23). The van der Waals surface area contributed by atoms with Crippen molar-refractivity contribution in [2.45, 2.75) is 25.9 Å². The van der Waals surface area contributed by atoms with Crippen LogP contribution in [0.5, 0.6) is 0 Å². The van der Waals surface area contributed by atoms with Crippen LogP contribution in [0.2, 0.25) is 0 Å². The summed E-state index contributed by atoms with van der Waals surface area (Å²) in [6.07, 6.45) is 3.84. The van der Waals surface area contributed by atoms with Gasteiger partial charge in [-0.2, -0.15) is 0 Å². The zero-order valence-corrected chi connectivity index (χ0v) is 15.1. The zero-order chi connectivity index (χ0) is 16.9. The van der Waals surface area contributed by atoms with E-state index in [0.29, 0.717) is 17.9 Å². The molecule has 1 saturated heterocycles. The monoisotopic (exact) mass is 389 g/mol. The second-order valence-electron chi connectivity index (χ2n) is 5.86. The Labute approximate surface area is 149 Å². The van der Waals surface area contributed by atoms with Crippen LogP contribution in [0, 0.1) is 6.92 Å². The number of amides is 1. The largest absolute Gasteiger partial charge is 0.376 e. The minimum Gasteiger partial charge on any atom is -0.376 e. The number of aromatic nitrogens is 1. The number of anilines is 2. The first kappa shape index (κ1) is 16.9. The fourth-order valence-electron chi connectivity index (χ4n) is 2.57. The molecular weight excluding hydrogens is 370 g/mol. The van der Waals surface area contributed by atoms with E-state index in [1.807, 2.05) is 25.1 Å². The molecule has 0 radical (unpaired) electrons. The average molecular weight is 390 g/mol. The molecule has 0 spiro atoms. The number of carbonyl (C=O) groups is 1. The van der Waals surface area contributed by atoms with E-state index < -0.39 is 0 Å². The highest BCUT2D eigenvalue weighted by Gasteiger charge is 2.16. The molecule has 5 nitrogen and oxygen atoms in total. The fourth-order valence-corrected chi connectivity index (χ4v) is 2.95. The Morgan fingerprint density at radius 1 is 1.38 bits per heavy atom. The third-order valence-electron chi connectivity index (χ3n) is 3.98. The number of aryl methyl sites for hydroxylation is 1. The third kappa shape index (κ3) is 4.33. The number of nitrogens with one attached hydrogen (secondary N) is 2. The maximum Gasteiger partial charge on any atom is 0.251 e. The average Bonchev–Trinajstić information content (AvgIpc) is 3.10. The predicted molar refractivity (Wildman–Crippen MR) is 97.7 cm³/mol. The zero-order valence-electron chi connectivity index (χ0n) is 13.5. The molecule has 0 bridgehead atoms. The molecule has 1 aromatic heterocycles. The number of rotatable bonds is 5. The lowest BCUT2D eigenvalue weighted by atomic mass is 10.2. The number of pyridine rings is 1. The van der Waals surface area contributed by atoms with Crippen LogP contribution in [0.1, 0.15) is 28.8 Å². The molecule has 1 aliphatic rings. The third-order valence-corrected chi connectivity index (χ3v) is 4.83. The van der Waals surface area contributed by atoms with Crippen LogP contribution in [0.4, 0.5) is 11.5 Å². The number of carbonyl (C=O) groups excluding carboxylic acids is 1. The highest BCUT2D eigenvalue weighted by molar-refractivity contribution is 9.10. The molecule has 2 heterocycles. The van der Waals surface area contributed by atoms with Gasteiger partial charge in [-0.05, 0) is 49.6 Å². The quantitative estimate of drug-likeness (QED) is 0.815. The Kier molecular flexibility index (Phi) is 5.48. The van der Waals surface area contributed by atoms with Crippen molar-refractivity contribution >= 4 is 33.3 Å². The minimum atomic E-state index is -0.110. The fraction of sp³-hybridized carbons (Fsp3) is 0.333. The molecule has 126 valence electrons. The van der Waals surface area contributed by atoms with Gasteiger partial charge in [0.25, 0.3) is 5.91 Å². The Bertz CT molecular complexity index is 730. The summed E-state index contributed by atoms with van der Waals surface area (Å²) in [6.45, 7) is 3.37. The minimum absolute atomic E-state index is 0.110. The van der Waals surface area contributed by atoms with E-state index in [2.05, 4.69) is 31.5 Å². The number of ether oxygens (including phenoxy) is 1. The van der Waals surface area contributed by atoms with Crippen LogP contribution in [0.3, 0.4) is 0 Å². The van der Waals surface area contributed by atoms with Crippen molar-refractivity contribution in [2.24, 2.45) is 0 Å². The van der Waals surface area contributed by atoms with E-state index in [1.165, 1.54) is 0 Å². The Morgan fingerprint density at radius 2 is 2.25 bits per heavy atom. The summed E-state index contributed by atoms with van der Waals surface area (Å²) in [6, 6.07) is 9.44. The predicted octanol–water partition coefficient (Wildman–Crippen LogP) is 3.80. The Hall–Kier alpha value is -1.92. The van der Waals surface area contributed by atoms with Crippen molar-refractivity contribution in [3.8, 4) is 0 Å². The maximum absolute atomic E-state index is 12.3. The summed E-state index contributed by atoms with van der Waals surface area (Å²) in [7, 11) is 0. The van der Waals surface area contributed by atoms with Crippen molar-refractivity contribution in [2.75, 3.05) is 18.5 Å². The second-order valence-corrected chi connectivity index (χ2v) is 6.72. The van der Waals surface area contributed by atoms with Gasteiger partial charge in [0.15, 0.2) is 0 Å². The van der Waals surface area contributed by atoms with Gasteiger partial charge in [-0.25, -0.2) is 4.98 Å². The molecule has 1 fully saturated rings. The van der Waals surface area contributed by atoms with Crippen molar-refractivity contribution in [3.05, 3.63) is 52.1 Å². The highest BCUT2D eigenvalue weighted by atomic mass is 79.9. The summed E-state index contributed by atoms with van der Waals surface area (Å²) in [4.78, 5) is 16.6. The smallest absolute Gasteiger partial charge is 0.251 e. The molecule has 24 heavy (non-hydrogen) atoms. The first-order valence-electron chi connectivity index (χ1n) is 8.01. The molecule has 2 aromatic rings. The van der Waals surface area contributed by atoms with Gasteiger partial charge < -0.3 is 15.4 Å².